The summed E-state index contributed by atoms with van der Waals surface area (Å²) in [7, 11) is 1.86. The number of thiophene rings is 1. The van der Waals surface area contributed by atoms with Gasteiger partial charge in [0.2, 0.25) is 0 Å². The van der Waals surface area contributed by atoms with Gasteiger partial charge in [-0.15, -0.1) is 11.3 Å². The van der Waals surface area contributed by atoms with Crippen molar-refractivity contribution in [2.24, 2.45) is 0 Å². The molecule has 0 aliphatic heterocycles. The first-order chi connectivity index (χ1) is 9.28. The summed E-state index contributed by atoms with van der Waals surface area (Å²) in [5.74, 6) is 0. The van der Waals surface area contributed by atoms with Gasteiger partial charge in [0.1, 0.15) is 0 Å². The number of aliphatic hydroxyl groups excluding tert-OH is 1. The van der Waals surface area contributed by atoms with Gasteiger partial charge in [-0.25, -0.2) is 0 Å². The van der Waals surface area contributed by atoms with Gasteiger partial charge in [-0.1, -0.05) is 24.3 Å². The minimum Gasteiger partial charge on any atom is -0.391 e. The lowest BCUT2D eigenvalue weighted by Crippen LogP contribution is -2.25. The van der Waals surface area contributed by atoms with Crippen molar-refractivity contribution < 1.29 is 5.11 Å². The van der Waals surface area contributed by atoms with Crippen LogP contribution in [0.5, 0.6) is 0 Å². The van der Waals surface area contributed by atoms with Crippen LogP contribution in [-0.2, 0) is 6.42 Å². The fourth-order valence-electron chi connectivity index (χ4n) is 2.48. The van der Waals surface area contributed by atoms with Crippen molar-refractivity contribution in [3.05, 3.63) is 48.0 Å². The monoisotopic (exact) mass is 271 g/mol. The number of fused-ring (bicyclic) bond motifs is 3. The maximum atomic E-state index is 9.88. The Labute approximate surface area is 116 Å². The molecule has 0 bridgehead atoms. The lowest BCUT2D eigenvalue weighted by atomic mass is 10.0. The zero-order valence-corrected chi connectivity index (χ0v) is 11.7. The zero-order valence-electron chi connectivity index (χ0n) is 10.9. The average molecular weight is 271 g/mol. The molecule has 0 aliphatic carbocycles. The summed E-state index contributed by atoms with van der Waals surface area (Å²) in [4.78, 5) is 0. The van der Waals surface area contributed by atoms with Crippen molar-refractivity contribution in [3.8, 4) is 0 Å². The number of hydrogen-bond acceptors (Lipinski definition) is 3. The SMILES string of the molecule is CNCC(O)Cc1ccc2sc3ccccc3c2c1. The molecule has 1 unspecified atom stereocenters. The standard InChI is InChI=1S/C16H17NOS/c1-17-10-12(18)8-11-6-7-16-14(9-11)13-4-2-3-5-15(13)19-16/h2-7,9,12,17-18H,8,10H2,1H3. The molecule has 98 valence electrons. The highest BCUT2D eigenvalue weighted by Gasteiger charge is 2.08. The van der Waals surface area contributed by atoms with Crippen molar-refractivity contribution in [1.82, 2.24) is 5.32 Å². The number of benzene rings is 2. The summed E-state index contributed by atoms with van der Waals surface area (Å²) in [6.07, 6.45) is 0.369. The van der Waals surface area contributed by atoms with Gasteiger partial charge in [0, 0.05) is 26.7 Å². The highest BCUT2D eigenvalue weighted by Crippen LogP contribution is 2.34. The summed E-state index contributed by atoms with van der Waals surface area (Å²) in [5, 5.41) is 15.5. The Morgan fingerprint density at radius 1 is 1.11 bits per heavy atom. The second-order valence-electron chi connectivity index (χ2n) is 4.84. The van der Waals surface area contributed by atoms with Gasteiger partial charge in [0.05, 0.1) is 6.10 Å². The first kappa shape index (κ1) is 12.6. The number of hydrogen-bond donors (Lipinski definition) is 2. The average Bonchev–Trinajstić information content (AvgIpc) is 2.77. The van der Waals surface area contributed by atoms with Gasteiger partial charge in [-0.2, -0.15) is 0 Å². The molecular formula is C16H17NOS. The number of likely N-dealkylation sites (N-methyl/N-ethyl adjacent to an activating group) is 1. The molecule has 3 aromatic rings. The minimum atomic E-state index is -0.327. The van der Waals surface area contributed by atoms with Crippen molar-refractivity contribution in [2.75, 3.05) is 13.6 Å². The van der Waals surface area contributed by atoms with E-state index in [2.05, 4.69) is 47.8 Å². The fraction of sp³-hybridized carbons (Fsp3) is 0.250. The van der Waals surface area contributed by atoms with E-state index < -0.39 is 0 Å². The van der Waals surface area contributed by atoms with Crippen molar-refractivity contribution in [2.45, 2.75) is 12.5 Å². The van der Waals surface area contributed by atoms with E-state index in [4.69, 9.17) is 0 Å². The molecule has 2 nitrogen and oxygen atoms in total. The molecule has 0 saturated heterocycles. The third kappa shape index (κ3) is 2.50. The molecule has 0 spiro atoms. The van der Waals surface area contributed by atoms with Crippen LogP contribution in [0.3, 0.4) is 0 Å². The van der Waals surface area contributed by atoms with Crippen molar-refractivity contribution in [3.63, 3.8) is 0 Å². The van der Waals surface area contributed by atoms with Crippen LogP contribution in [0, 0.1) is 0 Å². The van der Waals surface area contributed by atoms with E-state index >= 15 is 0 Å². The van der Waals surface area contributed by atoms with Gasteiger partial charge in [0.15, 0.2) is 0 Å². The van der Waals surface area contributed by atoms with Crippen molar-refractivity contribution in [1.29, 1.82) is 0 Å². The van der Waals surface area contributed by atoms with E-state index in [0.717, 1.165) is 0 Å². The first-order valence-corrected chi connectivity index (χ1v) is 7.32. The van der Waals surface area contributed by atoms with E-state index in [1.807, 2.05) is 18.4 Å². The Kier molecular flexibility index (Phi) is 3.51. The number of aliphatic hydroxyl groups is 1. The Morgan fingerprint density at radius 3 is 2.74 bits per heavy atom. The molecule has 0 amide bonds. The summed E-state index contributed by atoms with van der Waals surface area (Å²) in [6, 6.07) is 15.0. The smallest absolute Gasteiger partial charge is 0.0704 e. The predicted octanol–water partition coefficient (Wildman–Crippen LogP) is 3.18. The normalized spacial score (nSPS) is 13.2. The lowest BCUT2D eigenvalue weighted by molar-refractivity contribution is 0.175. The van der Waals surface area contributed by atoms with Gasteiger partial charge in [0.25, 0.3) is 0 Å². The molecule has 3 rings (SSSR count). The molecule has 2 aromatic carbocycles. The topological polar surface area (TPSA) is 32.3 Å². The summed E-state index contributed by atoms with van der Waals surface area (Å²) >= 11 is 1.82. The predicted molar refractivity (Wildman–Crippen MR) is 83.0 cm³/mol. The van der Waals surface area contributed by atoms with Crippen LogP contribution in [0.15, 0.2) is 42.5 Å². The fourth-order valence-corrected chi connectivity index (χ4v) is 3.57. The Bertz CT molecular complexity index is 704. The lowest BCUT2D eigenvalue weighted by Gasteiger charge is -2.09. The second kappa shape index (κ2) is 5.29. The third-order valence-electron chi connectivity index (χ3n) is 3.35. The highest BCUT2D eigenvalue weighted by atomic mass is 32.1. The van der Waals surface area contributed by atoms with Crippen LogP contribution in [0.4, 0.5) is 0 Å². The van der Waals surface area contributed by atoms with E-state index in [1.165, 1.54) is 25.7 Å². The molecule has 19 heavy (non-hydrogen) atoms. The Balaban J connectivity index is 2.02. The molecule has 0 fully saturated rings. The maximum absolute atomic E-state index is 9.88. The van der Waals surface area contributed by atoms with Crippen LogP contribution >= 0.6 is 11.3 Å². The molecule has 2 N–H and O–H groups in total. The van der Waals surface area contributed by atoms with Gasteiger partial charge in [-0.05, 0) is 37.2 Å². The quantitative estimate of drug-likeness (QED) is 0.764. The molecule has 1 aromatic heterocycles. The Hall–Kier alpha value is -1.42. The number of nitrogens with one attached hydrogen (secondary N) is 1. The van der Waals surface area contributed by atoms with E-state index in [0.29, 0.717) is 13.0 Å². The minimum absolute atomic E-state index is 0.327. The summed E-state index contributed by atoms with van der Waals surface area (Å²) in [5.41, 5.74) is 1.19. The third-order valence-corrected chi connectivity index (χ3v) is 4.50. The maximum Gasteiger partial charge on any atom is 0.0704 e. The van der Waals surface area contributed by atoms with Crippen LogP contribution < -0.4 is 5.32 Å². The Morgan fingerprint density at radius 2 is 1.89 bits per heavy atom. The summed E-state index contributed by atoms with van der Waals surface area (Å²) < 4.78 is 2.64. The molecular weight excluding hydrogens is 254 g/mol. The van der Waals surface area contributed by atoms with E-state index in [-0.39, 0.29) is 6.10 Å². The molecule has 1 atom stereocenters. The van der Waals surface area contributed by atoms with E-state index in [9.17, 15) is 5.11 Å². The largest absolute Gasteiger partial charge is 0.391 e. The second-order valence-corrected chi connectivity index (χ2v) is 5.93. The molecule has 0 aliphatic rings. The molecule has 1 heterocycles. The van der Waals surface area contributed by atoms with Crippen molar-refractivity contribution >= 4 is 31.5 Å². The highest BCUT2D eigenvalue weighted by molar-refractivity contribution is 7.25. The van der Waals surface area contributed by atoms with Gasteiger partial charge >= 0.3 is 0 Å². The molecule has 0 radical (unpaired) electrons. The summed E-state index contributed by atoms with van der Waals surface area (Å²) in [6.45, 7) is 0.627. The van der Waals surface area contributed by atoms with Gasteiger partial charge < -0.3 is 10.4 Å². The molecule has 3 heteroatoms. The first-order valence-electron chi connectivity index (χ1n) is 6.51. The van der Waals surface area contributed by atoms with E-state index in [1.54, 1.807) is 0 Å². The van der Waals surface area contributed by atoms with Crippen LogP contribution in [0.2, 0.25) is 0 Å². The van der Waals surface area contributed by atoms with Crippen LogP contribution in [0.1, 0.15) is 5.56 Å². The molecule has 0 saturated carbocycles. The zero-order chi connectivity index (χ0) is 13.2. The number of rotatable bonds is 4. The van der Waals surface area contributed by atoms with Crippen LogP contribution in [-0.4, -0.2) is 24.8 Å². The van der Waals surface area contributed by atoms with Crippen LogP contribution in [0.25, 0.3) is 20.2 Å². The van der Waals surface area contributed by atoms with Gasteiger partial charge in [-0.3, -0.25) is 0 Å².